The van der Waals surface area contributed by atoms with Crippen LogP contribution in [0, 0.1) is 5.92 Å². The standard InChI is InChI=1S/C9H15NO2/c1-3-4-5-10-8(11)6-7(2)9(10)12/h7H,3-6H2,1-2H3/t7-/m0/s1. The number of unbranched alkanes of at least 4 members (excludes halogenated alkanes) is 1. The van der Waals surface area contributed by atoms with Crippen LogP contribution in [0.3, 0.4) is 0 Å². The molecular formula is C9H15NO2. The SMILES string of the molecule is CCCCN1C(=O)C[C@H](C)C1=O. The molecule has 0 aromatic carbocycles. The van der Waals surface area contributed by atoms with E-state index in [1.165, 1.54) is 4.90 Å². The summed E-state index contributed by atoms with van der Waals surface area (Å²) >= 11 is 0. The summed E-state index contributed by atoms with van der Waals surface area (Å²) in [5.74, 6) is -0.0799. The second-order valence-electron chi connectivity index (χ2n) is 3.34. The number of amides is 2. The van der Waals surface area contributed by atoms with E-state index in [1.54, 1.807) is 0 Å². The molecule has 12 heavy (non-hydrogen) atoms. The van der Waals surface area contributed by atoms with Crippen molar-refractivity contribution in [2.75, 3.05) is 6.54 Å². The molecule has 3 nitrogen and oxygen atoms in total. The summed E-state index contributed by atoms with van der Waals surface area (Å²) in [5, 5.41) is 0. The highest BCUT2D eigenvalue weighted by Crippen LogP contribution is 2.18. The Morgan fingerprint density at radius 2 is 2.17 bits per heavy atom. The third-order valence-electron chi connectivity index (χ3n) is 2.20. The van der Waals surface area contributed by atoms with Crippen LogP contribution in [-0.4, -0.2) is 23.3 Å². The van der Waals surface area contributed by atoms with Gasteiger partial charge in [-0.15, -0.1) is 0 Å². The summed E-state index contributed by atoms with van der Waals surface area (Å²) in [7, 11) is 0. The van der Waals surface area contributed by atoms with Gasteiger partial charge < -0.3 is 0 Å². The lowest BCUT2D eigenvalue weighted by Gasteiger charge is -2.12. The molecule has 1 saturated heterocycles. The second kappa shape index (κ2) is 3.70. The maximum absolute atomic E-state index is 11.3. The van der Waals surface area contributed by atoms with E-state index in [0.717, 1.165) is 12.8 Å². The van der Waals surface area contributed by atoms with Crippen LogP contribution in [0.15, 0.2) is 0 Å². The quantitative estimate of drug-likeness (QED) is 0.595. The fourth-order valence-electron chi connectivity index (χ4n) is 1.40. The zero-order valence-corrected chi connectivity index (χ0v) is 7.67. The van der Waals surface area contributed by atoms with E-state index < -0.39 is 0 Å². The summed E-state index contributed by atoms with van der Waals surface area (Å²) in [4.78, 5) is 23.9. The Kier molecular flexibility index (Phi) is 2.84. The van der Waals surface area contributed by atoms with E-state index in [9.17, 15) is 9.59 Å². The van der Waals surface area contributed by atoms with E-state index in [0.29, 0.717) is 13.0 Å². The number of hydrogen-bond donors (Lipinski definition) is 0. The minimum Gasteiger partial charge on any atom is -0.282 e. The van der Waals surface area contributed by atoms with Crippen LogP contribution in [-0.2, 0) is 9.59 Å². The maximum atomic E-state index is 11.3. The Morgan fingerprint density at radius 3 is 2.58 bits per heavy atom. The molecule has 1 aliphatic rings. The minimum absolute atomic E-state index is 0.000880. The number of hydrogen-bond acceptors (Lipinski definition) is 2. The van der Waals surface area contributed by atoms with E-state index in [2.05, 4.69) is 6.92 Å². The van der Waals surface area contributed by atoms with Gasteiger partial charge in [0.25, 0.3) is 0 Å². The molecule has 68 valence electrons. The molecule has 0 radical (unpaired) electrons. The van der Waals surface area contributed by atoms with Crippen LogP contribution < -0.4 is 0 Å². The van der Waals surface area contributed by atoms with Crippen molar-refractivity contribution in [2.24, 2.45) is 5.92 Å². The summed E-state index contributed by atoms with van der Waals surface area (Å²) in [6, 6.07) is 0. The van der Waals surface area contributed by atoms with Crippen LogP contribution in [0.25, 0.3) is 0 Å². The van der Waals surface area contributed by atoms with Crippen LogP contribution in [0.2, 0.25) is 0 Å². The van der Waals surface area contributed by atoms with Gasteiger partial charge in [0.1, 0.15) is 0 Å². The Labute approximate surface area is 72.7 Å². The molecule has 0 unspecified atom stereocenters. The molecule has 1 rings (SSSR count). The van der Waals surface area contributed by atoms with Gasteiger partial charge in [0.2, 0.25) is 11.8 Å². The van der Waals surface area contributed by atoms with Crippen LogP contribution in [0.1, 0.15) is 33.1 Å². The number of likely N-dealkylation sites (tertiary alicyclic amines) is 1. The second-order valence-corrected chi connectivity index (χ2v) is 3.34. The first-order valence-corrected chi connectivity index (χ1v) is 4.51. The number of imide groups is 1. The smallest absolute Gasteiger partial charge is 0.232 e. The van der Waals surface area contributed by atoms with Gasteiger partial charge in [0.05, 0.1) is 0 Å². The Morgan fingerprint density at radius 1 is 1.50 bits per heavy atom. The fourth-order valence-corrected chi connectivity index (χ4v) is 1.40. The first-order chi connectivity index (χ1) is 5.66. The van der Waals surface area contributed by atoms with Gasteiger partial charge in [-0.2, -0.15) is 0 Å². The molecule has 0 aromatic rings. The summed E-state index contributed by atoms with van der Waals surface area (Å²) in [5.41, 5.74) is 0. The molecule has 1 aliphatic heterocycles. The van der Waals surface area contributed by atoms with E-state index in [4.69, 9.17) is 0 Å². The molecule has 0 spiro atoms. The molecule has 3 heteroatoms. The first kappa shape index (κ1) is 9.23. The van der Waals surface area contributed by atoms with Crippen molar-refractivity contribution in [1.29, 1.82) is 0 Å². The van der Waals surface area contributed by atoms with E-state index >= 15 is 0 Å². The van der Waals surface area contributed by atoms with E-state index in [1.807, 2.05) is 6.92 Å². The zero-order chi connectivity index (χ0) is 9.14. The highest BCUT2D eigenvalue weighted by Gasteiger charge is 2.34. The zero-order valence-electron chi connectivity index (χ0n) is 7.67. The Balaban J connectivity index is 2.52. The van der Waals surface area contributed by atoms with Crippen LogP contribution in [0.5, 0.6) is 0 Å². The number of nitrogens with zero attached hydrogens (tertiary/aromatic N) is 1. The van der Waals surface area contributed by atoms with Gasteiger partial charge in [-0.3, -0.25) is 14.5 Å². The predicted molar refractivity (Wildman–Crippen MR) is 45.4 cm³/mol. The fraction of sp³-hybridized carbons (Fsp3) is 0.778. The van der Waals surface area contributed by atoms with Crippen molar-refractivity contribution in [3.63, 3.8) is 0 Å². The van der Waals surface area contributed by atoms with Crippen molar-refractivity contribution >= 4 is 11.8 Å². The molecule has 1 heterocycles. The third kappa shape index (κ3) is 1.65. The molecule has 1 fully saturated rings. The maximum Gasteiger partial charge on any atom is 0.232 e. The number of carbonyl (C=O) groups excluding carboxylic acids is 2. The van der Waals surface area contributed by atoms with Gasteiger partial charge in [0.15, 0.2) is 0 Å². The van der Waals surface area contributed by atoms with Gasteiger partial charge in [-0.25, -0.2) is 0 Å². The normalized spacial score (nSPS) is 23.8. The Bertz CT molecular complexity index is 201. The predicted octanol–water partition coefficient (Wildman–Crippen LogP) is 1.18. The highest BCUT2D eigenvalue weighted by molar-refractivity contribution is 6.03. The molecule has 0 aromatic heterocycles. The average Bonchev–Trinajstić information content (AvgIpc) is 2.25. The van der Waals surface area contributed by atoms with Crippen molar-refractivity contribution in [3.8, 4) is 0 Å². The van der Waals surface area contributed by atoms with Gasteiger partial charge in [0, 0.05) is 18.9 Å². The third-order valence-corrected chi connectivity index (χ3v) is 2.20. The molecular weight excluding hydrogens is 154 g/mol. The highest BCUT2D eigenvalue weighted by atomic mass is 16.2. The lowest BCUT2D eigenvalue weighted by Crippen LogP contribution is -2.31. The summed E-state index contributed by atoms with van der Waals surface area (Å²) < 4.78 is 0. The Hall–Kier alpha value is -0.860. The monoisotopic (exact) mass is 169 g/mol. The molecule has 0 N–H and O–H groups in total. The van der Waals surface area contributed by atoms with Gasteiger partial charge in [-0.05, 0) is 6.42 Å². The molecule has 0 bridgehead atoms. The lowest BCUT2D eigenvalue weighted by molar-refractivity contribution is -0.139. The van der Waals surface area contributed by atoms with Crippen molar-refractivity contribution in [3.05, 3.63) is 0 Å². The summed E-state index contributed by atoms with van der Waals surface area (Å²) in [6.07, 6.45) is 2.35. The van der Waals surface area contributed by atoms with Crippen molar-refractivity contribution < 1.29 is 9.59 Å². The minimum atomic E-state index is -0.0886. The van der Waals surface area contributed by atoms with Crippen LogP contribution in [0.4, 0.5) is 0 Å². The van der Waals surface area contributed by atoms with E-state index in [-0.39, 0.29) is 17.7 Å². The van der Waals surface area contributed by atoms with Gasteiger partial charge >= 0.3 is 0 Å². The average molecular weight is 169 g/mol. The molecule has 1 atom stereocenters. The summed E-state index contributed by atoms with van der Waals surface area (Å²) in [6.45, 7) is 4.47. The lowest BCUT2D eigenvalue weighted by atomic mass is 10.1. The molecule has 0 aliphatic carbocycles. The van der Waals surface area contributed by atoms with Crippen LogP contribution >= 0.6 is 0 Å². The number of rotatable bonds is 3. The molecule has 0 saturated carbocycles. The topological polar surface area (TPSA) is 37.4 Å². The number of carbonyl (C=O) groups is 2. The van der Waals surface area contributed by atoms with Gasteiger partial charge in [-0.1, -0.05) is 20.3 Å². The molecule has 2 amide bonds. The first-order valence-electron chi connectivity index (χ1n) is 4.51. The van der Waals surface area contributed by atoms with Crippen molar-refractivity contribution in [2.45, 2.75) is 33.1 Å². The largest absolute Gasteiger partial charge is 0.282 e. The van der Waals surface area contributed by atoms with Crippen molar-refractivity contribution in [1.82, 2.24) is 4.90 Å².